The van der Waals surface area contributed by atoms with E-state index in [0.29, 0.717) is 32.5 Å². The molecule has 0 bridgehead atoms. The fourth-order valence-corrected chi connectivity index (χ4v) is 4.12. The van der Waals surface area contributed by atoms with Crippen molar-refractivity contribution in [2.45, 2.75) is 58.3 Å². The zero-order valence-corrected chi connectivity index (χ0v) is 17.4. The van der Waals surface area contributed by atoms with Gasteiger partial charge in [-0.25, -0.2) is 0 Å². The van der Waals surface area contributed by atoms with Crippen molar-refractivity contribution < 1.29 is 14.4 Å². The highest BCUT2D eigenvalue weighted by molar-refractivity contribution is 5.98. The summed E-state index contributed by atoms with van der Waals surface area (Å²) < 4.78 is 0. The van der Waals surface area contributed by atoms with Crippen LogP contribution in [0, 0.1) is 5.92 Å². The Bertz CT molecular complexity index is 733. The SMILES string of the molecule is CC(C)(C)c1ccc(C(=O)C2CCCN(C(=O)CCN3CCCC3=O)C2)cc1. The first-order valence-corrected chi connectivity index (χ1v) is 10.5. The second kappa shape index (κ2) is 8.46. The molecule has 1 aromatic rings. The van der Waals surface area contributed by atoms with Crippen molar-refractivity contribution in [3.05, 3.63) is 35.4 Å². The molecule has 1 aromatic carbocycles. The number of amides is 2. The van der Waals surface area contributed by atoms with Crippen molar-refractivity contribution in [2.75, 3.05) is 26.2 Å². The Kier molecular flexibility index (Phi) is 6.21. The van der Waals surface area contributed by atoms with Crippen LogP contribution in [0.4, 0.5) is 0 Å². The first kappa shape index (κ1) is 20.6. The van der Waals surface area contributed by atoms with E-state index in [2.05, 4.69) is 20.8 Å². The van der Waals surface area contributed by atoms with Gasteiger partial charge in [-0.05, 0) is 30.2 Å². The van der Waals surface area contributed by atoms with Gasteiger partial charge >= 0.3 is 0 Å². The van der Waals surface area contributed by atoms with Crippen LogP contribution in [0.25, 0.3) is 0 Å². The summed E-state index contributed by atoms with van der Waals surface area (Å²) in [6.45, 7) is 8.93. The third kappa shape index (κ3) is 4.81. The molecule has 1 unspecified atom stereocenters. The maximum atomic E-state index is 12.9. The number of ketones is 1. The summed E-state index contributed by atoms with van der Waals surface area (Å²) >= 11 is 0. The largest absolute Gasteiger partial charge is 0.342 e. The fraction of sp³-hybridized carbons (Fsp3) is 0.609. The average Bonchev–Trinajstić information content (AvgIpc) is 3.10. The molecule has 2 amide bonds. The van der Waals surface area contributed by atoms with Crippen LogP contribution in [0.15, 0.2) is 24.3 Å². The van der Waals surface area contributed by atoms with E-state index in [4.69, 9.17) is 0 Å². The monoisotopic (exact) mass is 384 g/mol. The first-order valence-electron chi connectivity index (χ1n) is 10.5. The van der Waals surface area contributed by atoms with E-state index in [0.717, 1.165) is 31.4 Å². The van der Waals surface area contributed by atoms with Gasteiger partial charge in [0.25, 0.3) is 0 Å². The van der Waals surface area contributed by atoms with Gasteiger partial charge in [-0.3, -0.25) is 14.4 Å². The van der Waals surface area contributed by atoms with Gasteiger partial charge < -0.3 is 9.80 Å². The normalized spacial score (nSPS) is 20.5. The summed E-state index contributed by atoms with van der Waals surface area (Å²) in [7, 11) is 0. The quantitative estimate of drug-likeness (QED) is 0.731. The molecule has 2 heterocycles. The molecule has 3 rings (SSSR count). The highest BCUT2D eigenvalue weighted by Gasteiger charge is 2.30. The topological polar surface area (TPSA) is 57.7 Å². The van der Waals surface area contributed by atoms with Crippen LogP contribution in [-0.2, 0) is 15.0 Å². The molecule has 0 aromatic heterocycles. The minimum Gasteiger partial charge on any atom is -0.342 e. The van der Waals surface area contributed by atoms with E-state index in [1.165, 1.54) is 5.56 Å². The third-order valence-corrected chi connectivity index (χ3v) is 5.95. The molecule has 5 heteroatoms. The third-order valence-electron chi connectivity index (χ3n) is 5.95. The van der Waals surface area contributed by atoms with Crippen LogP contribution in [0.5, 0.6) is 0 Å². The number of hydrogen-bond acceptors (Lipinski definition) is 3. The van der Waals surface area contributed by atoms with Gasteiger partial charge in [0, 0.05) is 50.5 Å². The summed E-state index contributed by atoms with van der Waals surface area (Å²) in [5, 5.41) is 0. The Hall–Kier alpha value is -2.17. The second-order valence-corrected chi connectivity index (χ2v) is 9.10. The first-order chi connectivity index (χ1) is 13.3. The van der Waals surface area contributed by atoms with Crippen LogP contribution in [0.3, 0.4) is 0 Å². The van der Waals surface area contributed by atoms with Gasteiger partial charge in [-0.2, -0.15) is 0 Å². The molecule has 0 N–H and O–H groups in total. The number of carbonyl (C=O) groups excluding carboxylic acids is 3. The lowest BCUT2D eigenvalue weighted by molar-refractivity contribution is -0.134. The van der Waals surface area contributed by atoms with Gasteiger partial charge in [0.05, 0.1) is 0 Å². The van der Waals surface area contributed by atoms with E-state index in [1.807, 2.05) is 29.2 Å². The molecule has 5 nitrogen and oxygen atoms in total. The summed E-state index contributed by atoms with van der Waals surface area (Å²) in [4.78, 5) is 40.8. The number of likely N-dealkylation sites (tertiary alicyclic amines) is 2. The van der Waals surface area contributed by atoms with Crippen molar-refractivity contribution in [3.8, 4) is 0 Å². The van der Waals surface area contributed by atoms with Crippen molar-refractivity contribution >= 4 is 17.6 Å². The molecule has 0 radical (unpaired) electrons. The van der Waals surface area contributed by atoms with Gasteiger partial charge in [0.2, 0.25) is 11.8 Å². The highest BCUT2D eigenvalue weighted by atomic mass is 16.2. The molecule has 2 aliphatic rings. The maximum Gasteiger partial charge on any atom is 0.224 e. The van der Waals surface area contributed by atoms with Crippen LogP contribution in [0.1, 0.15) is 68.8 Å². The Labute approximate surface area is 168 Å². The van der Waals surface area contributed by atoms with Crippen molar-refractivity contribution in [3.63, 3.8) is 0 Å². The van der Waals surface area contributed by atoms with Crippen LogP contribution < -0.4 is 0 Å². The van der Waals surface area contributed by atoms with Crippen LogP contribution in [-0.4, -0.2) is 53.6 Å². The summed E-state index contributed by atoms with van der Waals surface area (Å²) in [5.41, 5.74) is 2.00. The number of Topliss-reactive ketones (excluding diaryl/α,β-unsaturated/α-hetero) is 1. The molecule has 0 aliphatic carbocycles. The minimum atomic E-state index is -0.133. The highest BCUT2D eigenvalue weighted by Crippen LogP contribution is 2.25. The molecule has 2 saturated heterocycles. The fourth-order valence-electron chi connectivity index (χ4n) is 4.12. The molecule has 2 fully saturated rings. The number of carbonyl (C=O) groups is 3. The molecule has 28 heavy (non-hydrogen) atoms. The predicted octanol–water partition coefficient (Wildman–Crippen LogP) is 3.42. The van der Waals surface area contributed by atoms with Gasteiger partial charge in [-0.1, -0.05) is 45.0 Å². The Morgan fingerprint density at radius 2 is 1.79 bits per heavy atom. The van der Waals surface area contributed by atoms with Crippen molar-refractivity contribution in [1.82, 2.24) is 9.80 Å². The van der Waals surface area contributed by atoms with E-state index < -0.39 is 0 Å². The van der Waals surface area contributed by atoms with Crippen molar-refractivity contribution in [2.24, 2.45) is 5.92 Å². The number of rotatable bonds is 5. The van der Waals surface area contributed by atoms with E-state index >= 15 is 0 Å². The van der Waals surface area contributed by atoms with Gasteiger partial charge in [0.15, 0.2) is 5.78 Å². The summed E-state index contributed by atoms with van der Waals surface area (Å²) in [6.07, 6.45) is 3.52. The van der Waals surface area contributed by atoms with Gasteiger partial charge in [0.1, 0.15) is 0 Å². The Morgan fingerprint density at radius 1 is 1.07 bits per heavy atom. The summed E-state index contributed by atoms with van der Waals surface area (Å²) in [5.74, 6) is 0.206. The lowest BCUT2D eigenvalue weighted by atomic mass is 9.85. The molecule has 1 atom stereocenters. The lowest BCUT2D eigenvalue weighted by Gasteiger charge is -2.32. The van der Waals surface area contributed by atoms with Crippen LogP contribution in [0.2, 0.25) is 0 Å². The molecule has 0 saturated carbocycles. The van der Waals surface area contributed by atoms with E-state index in [9.17, 15) is 14.4 Å². The number of piperidine rings is 1. The second-order valence-electron chi connectivity index (χ2n) is 9.10. The standard InChI is InChI=1S/C23H32N2O3/c1-23(2,3)19-10-8-17(9-11-19)22(28)18-6-4-14-25(16-18)21(27)12-15-24-13-5-7-20(24)26/h8-11,18H,4-7,12-16H2,1-3H3. The molecule has 2 aliphatic heterocycles. The van der Waals surface area contributed by atoms with E-state index in [1.54, 1.807) is 4.90 Å². The smallest absolute Gasteiger partial charge is 0.224 e. The van der Waals surface area contributed by atoms with Crippen molar-refractivity contribution in [1.29, 1.82) is 0 Å². The van der Waals surface area contributed by atoms with Gasteiger partial charge in [-0.15, -0.1) is 0 Å². The Balaban J connectivity index is 1.57. The molecular weight excluding hydrogens is 352 g/mol. The molecule has 152 valence electrons. The average molecular weight is 385 g/mol. The molecule has 0 spiro atoms. The van der Waals surface area contributed by atoms with Crippen LogP contribution >= 0.6 is 0 Å². The summed E-state index contributed by atoms with van der Waals surface area (Å²) in [6, 6.07) is 7.91. The molecular formula is C23H32N2O3. The lowest BCUT2D eigenvalue weighted by Crippen LogP contribution is -2.43. The Morgan fingerprint density at radius 3 is 2.39 bits per heavy atom. The zero-order valence-electron chi connectivity index (χ0n) is 17.4. The number of hydrogen-bond donors (Lipinski definition) is 0. The number of benzene rings is 1. The maximum absolute atomic E-state index is 12.9. The zero-order chi connectivity index (χ0) is 20.3. The number of nitrogens with zero attached hydrogens (tertiary/aromatic N) is 2. The predicted molar refractivity (Wildman–Crippen MR) is 109 cm³/mol. The van der Waals surface area contributed by atoms with E-state index in [-0.39, 0.29) is 28.9 Å². The minimum absolute atomic E-state index is 0.0558.